The molecule has 2 unspecified atom stereocenters. The molecule has 0 aliphatic heterocycles. The molecule has 0 fully saturated rings. The first-order chi connectivity index (χ1) is 10.8. The van der Waals surface area contributed by atoms with Gasteiger partial charge in [0.2, 0.25) is 0 Å². The van der Waals surface area contributed by atoms with Crippen molar-refractivity contribution in [2.75, 3.05) is 14.2 Å². The van der Waals surface area contributed by atoms with E-state index in [0.29, 0.717) is 24.3 Å². The number of hydrogen-bond donors (Lipinski definition) is 1. The fourth-order valence-electron chi connectivity index (χ4n) is 2.62. The zero-order chi connectivity index (χ0) is 17.6. The molecule has 0 bridgehead atoms. The number of carboxylic acids is 1. The van der Waals surface area contributed by atoms with Crippen molar-refractivity contribution < 1.29 is 27.8 Å². The van der Waals surface area contributed by atoms with E-state index >= 15 is 0 Å². The van der Waals surface area contributed by atoms with E-state index < -0.39 is 27.0 Å². The summed E-state index contributed by atoms with van der Waals surface area (Å²) in [7, 11) is -0.911. The van der Waals surface area contributed by atoms with E-state index in [2.05, 4.69) is 0 Å². The molecule has 1 aromatic carbocycles. The predicted octanol–water partition coefficient (Wildman–Crippen LogP) is 2.76. The zero-order valence-corrected chi connectivity index (χ0v) is 14.7. The third-order valence-corrected chi connectivity index (χ3v) is 6.13. The molecule has 0 radical (unpaired) electrons. The maximum Gasteiger partial charge on any atom is 0.307 e. The second-order valence-corrected chi connectivity index (χ2v) is 7.41. The van der Waals surface area contributed by atoms with Crippen molar-refractivity contribution in [3.05, 3.63) is 18.2 Å². The highest BCUT2D eigenvalue weighted by molar-refractivity contribution is 7.92. The van der Waals surface area contributed by atoms with Gasteiger partial charge in [-0.05, 0) is 25.0 Å². The van der Waals surface area contributed by atoms with Gasteiger partial charge in [0, 0.05) is 6.07 Å². The van der Waals surface area contributed by atoms with Crippen LogP contribution in [0.5, 0.6) is 11.5 Å². The van der Waals surface area contributed by atoms with E-state index in [-0.39, 0.29) is 11.3 Å². The molecule has 0 heterocycles. The second-order valence-electron chi connectivity index (χ2n) is 5.24. The topological polar surface area (TPSA) is 89.9 Å². The Balaban J connectivity index is 3.37. The Morgan fingerprint density at radius 2 is 1.78 bits per heavy atom. The quantitative estimate of drug-likeness (QED) is 0.741. The molecular weight excluding hydrogens is 320 g/mol. The first-order valence-corrected chi connectivity index (χ1v) is 9.06. The summed E-state index contributed by atoms with van der Waals surface area (Å²) in [6, 6.07) is 4.32. The first kappa shape index (κ1) is 19.3. The minimum Gasteiger partial charge on any atom is -0.493 e. The van der Waals surface area contributed by atoms with Crippen molar-refractivity contribution in [3.8, 4) is 11.5 Å². The predicted molar refractivity (Wildman–Crippen MR) is 86.8 cm³/mol. The van der Waals surface area contributed by atoms with Gasteiger partial charge in [0.1, 0.15) is 0 Å². The van der Waals surface area contributed by atoms with Crippen LogP contribution in [0.3, 0.4) is 0 Å². The number of aliphatic carboxylic acids is 1. The molecule has 0 amide bonds. The van der Waals surface area contributed by atoms with Crippen molar-refractivity contribution in [3.63, 3.8) is 0 Å². The fraction of sp³-hybridized carbons (Fsp3) is 0.562. The summed E-state index contributed by atoms with van der Waals surface area (Å²) >= 11 is 0. The van der Waals surface area contributed by atoms with Crippen LogP contribution in [0.25, 0.3) is 0 Å². The lowest BCUT2D eigenvalue weighted by Crippen LogP contribution is -2.34. The summed E-state index contributed by atoms with van der Waals surface area (Å²) in [5.74, 6) is -1.31. The minimum atomic E-state index is -3.79. The van der Waals surface area contributed by atoms with Crippen LogP contribution in [0.15, 0.2) is 23.1 Å². The van der Waals surface area contributed by atoms with Crippen LogP contribution in [0.2, 0.25) is 0 Å². The number of rotatable bonds is 9. The number of hydrogen-bond acceptors (Lipinski definition) is 5. The molecular formula is C16H24O6S. The van der Waals surface area contributed by atoms with E-state index in [0.717, 1.165) is 0 Å². The van der Waals surface area contributed by atoms with Crippen LogP contribution in [0.4, 0.5) is 0 Å². The molecule has 0 saturated carbocycles. The van der Waals surface area contributed by atoms with Gasteiger partial charge >= 0.3 is 5.97 Å². The molecule has 1 aromatic rings. The summed E-state index contributed by atoms with van der Waals surface area (Å²) in [6.45, 7) is 3.53. The highest BCUT2D eigenvalue weighted by atomic mass is 32.2. The van der Waals surface area contributed by atoms with Gasteiger partial charge in [-0.1, -0.05) is 20.3 Å². The largest absolute Gasteiger partial charge is 0.493 e. The van der Waals surface area contributed by atoms with Crippen LogP contribution in [-0.2, 0) is 14.6 Å². The fourth-order valence-corrected chi connectivity index (χ4v) is 4.79. The van der Waals surface area contributed by atoms with Gasteiger partial charge in [-0.25, -0.2) is 8.42 Å². The van der Waals surface area contributed by atoms with Crippen LogP contribution < -0.4 is 9.47 Å². The van der Waals surface area contributed by atoms with Crippen molar-refractivity contribution in [2.45, 2.75) is 43.3 Å². The average Bonchev–Trinajstić information content (AvgIpc) is 2.53. The zero-order valence-electron chi connectivity index (χ0n) is 13.9. The second kappa shape index (κ2) is 8.19. The standard InChI is InChI=1S/C16H24O6S/c1-5-7-15(12(6-2)16(17)18)23(19,20)11-8-9-13(21-3)14(10-11)22-4/h8-10,12,15H,5-7H2,1-4H3,(H,17,18). The third kappa shape index (κ3) is 4.16. The van der Waals surface area contributed by atoms with Gasteiger partial charge in [-0.15, -0.1) is 0 Å². The lowest BCUT2D eigenvalue weighted by molar-refractivity contribution is -0.141. The van der Waals surface area contributed by atoms with Gasteiger partial charge in [-0.3, -0.25) is 4.79 Å². The summed E-state index contributed by atoms with van der Waals surface area (Å²) in [5.41, 5.74) is 0. The number of sulfone groups is 1. The molecule has 6 nitrogen and oxygen atoms in total. The van der Waals surface area contributed by atoms with Crippen LogP contribution >= 0.6 is 0 Å². The van der Waals surface area contributed by atoms with E-state index in [9.17, 15) is 18.3 Å². The first-order valence-electron chi connectivity index (χ1n) is 7.52. The molecule has 1 rings (SSSR count). The van der Waals surface area contributed by atoms with E-state index in [4.69, 9.17) is 9.47 Å². The van der Waals surface area contributed by atoms with Gasteiger partial charge in [0.15, 0.2) is 21.3 Å². The molecule has 23 heavy (non-hydrogen) atoms. The van der Waals surface area contributed by atoms with Gasteiger partial charge in [0.25, 0.3) is 0 Å². The van der Waals surface area contributed by atoms with Crippen molar-refractivity contribution in [2.24, 2.45) is 5.92 Å². The van der Waals surface area contributed by atoms with Crippen molar-refractivity contribution in [1.82, 2.24) is 0 Å². The molecule has 0 aromatic heterocycles. The lowest BCUT2D eigenvalue weighted by Gasteiger charge is -2.23. The van der Waals surface area contributed by atoms with Gasteiger partial charge < -0.3 is 14.6 Å². The minimum absolute atomic E-state index is 0.0494. The lowest BCUT2D eigenvalue weighted by atomic mass is 9.99. The number of benzene rings is 1. The van der Waals surface area contributed by atoms with Crippen molar-refractivity contribution in [1.29, 1.82) is 0 Å². The number of carboxylic acid groups (broad SMARTS) is 1. The maximum atomic E-state index is 12.9. The number of ether oxygens (including phenoxy) is 2. The molecule has 0 spiro atoms. The molecule has 0 aliphatic carbocycles. The van der Waals surface area contributed by atoms with Crippen molar-refractivity contribution >= 4 is 15.8 Å². The summed E-state index contributed by atoms with van der Waals surface area (Å²) in [4.78, 5) is 11.5. The molecule has 1 N–H and O–H groups in total. The molecule has 2 atom stereocenters. The highest BCUT2D eigenvalue weighted by Crippen LogP contribution is 2.33. The third-order valence-electron chi connectivity index (χ3n) is 3.86. The summed E-state index contributed by atoms with van der Waals surface area (Å²) in [6.07, 6.45) is 1.13. The number of carbonyl (C=O) groups is 1. The average molecular weight is 344 g/mol. The van der Waals surface area contributed by atoms with E-state index in [1.54, 1.807) is 6.92 Å². The van der Waals surface area contributed by atoms with E-state index in [1.165, 1.54) is 32.4 Å². The van der Waals surface area contributed by atoms with Crippen LogP contribution in [0.1, 0.15) is 33.1 Å². The monoisotopic (exact) mass is 344 g/mol. The Hall–Kier alpha value is -1.76. The van der Waals surface area contributed by atoms with Crippen LogP contribution in [0, 0.1) is 5.92 Å². The van der Waals surface area contributed by atoms with Crippen LogP contribution in [-0.4, -0.2) is 39.0 Å². The van der Waals surface area contributed by atoms with Gasteiger partial charge in [0.05, 0.1) is 30.3 Å². The Kier molecular flexibility index (Phi) is 6.87. The summed E-state index contributed by atoms with van der Waals surface area (Å²) < 4.78 is 36.1. The molecule has 130 valence electrons. The normalized spacial score (nSPS) is 14.1. The molecule has 0 saturated heterocycles. The van der Waals surface area contributed by atoms with E-state index in [1.807, 2.05) is 6.92 Å². The SMILES string of the molecule is CCCC(C(CC)C(=O)O)S(=O)(=O)c1ccc(OC)c(OC)c1. The molecule has 0 aliphatic rings. The van der Waals surface area contributed by atoms with Gasteiger partial charge in [-0.2, -0.15) is 0 Å². The Bertz CT molecular complexity index is 638. The Morgan fingerprint density at radius 3 is 2.22 bits per heavy atom. The maximum absolute atomic E-state index is 12.9. The smallest absolute Gasteiger partial charge is 0.307 e. The summed E-state index contributed by atoms with van der Waals surface area (Å²) in [5, 5.41) is 8.39. The molecule has 7 heteroatoms. The Morgan fingerprint density at radius 1 is 1.17 bits per heavy atom. The number of methoxy groups -OCH3 is 2. The Labute approximate surface area is 137 Å². The highest BCUT2D eigenvalue weighted by Gasteiger charge is 2.37.